The monoisotopic (exact) mass is 588 g/mol. The summed E-state index contributed by atoms with van der Waals surface area (Å²) in [6, 6.07) is 60.3. The highest BCUT2D eigenvalue weighted by atomic mass is 16.4. The van der Waals surface area contributed by atoms with Crippen molar-refractivity contribution in [1.82, 2.24) is 4.98 Å². The van der Waals surface area contributed by atoms with E-state index in [0.717, 1.165) is 49.9 Å². The molecule has 0 radical (unpaired) electrons. The standard InChI is InChI=1S/C43H28N2O/c1-2-11-29(12-3-1)32-15-10-16-35(27-32)45(43-44-42-37-18-7-4-13-30(37)23-26-41(42)46-43)34-24-21-31(22-25-34)40-28-33-14-5-6-17-36(33)38-19-8-9-20-39(38)40/h1-28H. The molecular weight excluding hydrogens is 560 g/mol. The average molecular weight is 589 g/mol. The summed E-state index contributed by atoms with van der Waals surface area (Å²) < 4.78 is 6.53. The maximum Gasteiger partial charge on any atom is 0.307 e. The molecule has 0 aliphatic carbocycles. The molecule has 0 fully saturated rings. The van der Waals surface area contributed by atoms with Crippen molar-refractivity contribution in [3.8, 4) is 22.3 Å². The van der Waals surface area contributed by atoms with E-state index >= 15 is 0 Å². The van der Waals surface area contributed by atoms with E-state index < -0.39 is 0 Å². The number of hydrogen-bond donors (Lipinski definition) is 0. The molecule has 0 saturated carbocycles. The van der Waals surface area contributed by atoms with Crippen LogP contribution in [0.3, 0.4) is 0 Å². The fraction of sp³-hybridized carbons (Fsp3) is 0. The molecule has 216 valence electrons. The Bertz CT molecular complexity index is 2530. The molecule has 9 aromatic rings. The highest BCUT2D eigenvalue weighted by molar-refractivity contribution is 6.13. The summed E-state index contributed by atoms with van der Waals surface area (Å²) in [4.78, 5) is 7.23. The highest BCUT2D eigenvalue weighted by Crippen LogP contribution is 2.41. The first-order chi connectivity index (χ1) is 22.8. The Labute approximate surface area is 266 Å². The normalized spacial score (nSPS) is 11.5. The van der Waals surface area contributed by atoms with Gasteiger partial charge in [0.1, 0.15) is 5.52 Å². The van der Waals surface area contributed by atoms with Crippen LogP contribution in [0.2, 0.25) is 0 Å². The molecule has 1 heterocycles. The third kappa shape index (κ3) is 4.41. The van der Waals surface area contributed by atoms with E-state index in [1.165, 1.54) is 27.1 Å². The Morgan fingerprint density at radius 2 is 1.09 bits per heavy atom. The topological polar surface area (TPSA) is 29.3 Å². The molecule has 0 spiro atoms. The van der Waals surface area contributed by atoms with E-state index in [-0.39, 0.29) is 0 Å². The van der Waals surface area contributed by atoms with Gasteiger partial charge in [0.25, 0.3) is 0 Å². The number of oxazole rings is 1. The van der Waals surface area contributed by atoms with Crippen LogP contribution in [0.25, 0.3) is 65.7 Å². The summed E-state index contributed by atoms with van der Waals surface area (Å²) in [7, 11) is 0. The lowest BCUT2D eigenvalue weighted by Gasteiger charge is -2.22. The van der Waals surface area contributed by atoms with E-state index in [4.69, 9.17) is 9.40 Å². The summed E-state index contributed by atoms with van der Waals surface area (Å²) in [5.41, 5.74) is 8.22. The minimum atomic E-state index is 0.528. The molecule has 3 nitrogen and oxygen atoms in total. The number of fused-ring (bicyclic) bond motifs is 6. The second kappa shape index (κ2) is 10.8. The van der Waals surface area contributed by atoms with Gasteiger partial charge in [0.2, 0.25) is 0 Å². The molecule has 0 atom stereocenters. The first-order valence-electron chi connectivity index (χ1n) is 15.5. The second-order valence-electron chi connectivity index (χ2n) is 11.6. The van der Waals surface area contributed by atoms with Gasteiger partial charge in [-0.15, -0.1) is 0 Å². The van der Waals surface area contributed by atoms with Crippen LogP contribution >= 0.6 is 0 Å². The van der Waals surface area contributed by atoms with Crippen LogP contribution < -0.4 is 4.90 Å². The maximum atomic E-state index is 6.53. The largest absolute Gasteiger partial charge is 0.423 e. The summed E-state index contributed by atoms with van der Waals surface area (Å²) in [5, 5.41) is 7.22. The van der Waals surface area contributed by atoms with Crippen LogP contribution in [-0.2, 0) is 0 Å². The Balaban J connectivity index is 1.21. The first kappa shape index (κ1) is 26.2. The van der Waals surface area contributed by atoms with Gasteiger partial charge in [-0.05, 0) is 85.6 Å². The third-order valence-corrected chi connectivity index (χ3v) is 8.88. The first-order valence-corrected chi connectivity index (χ1v) is 15.5. The fourth-order valence-electron chi connectivity index (χ4n) is 6.65. The quantitative estimate of drug-likeness (QED) is 0.187. The Morgan fingerprint density at radius 1 is 0.413 bits per heavy atom. The van der Waals surface area contributed by atoms with E-state index in [1.807, 2.05) is 18.2 Å². The fourth-order valence-corrected chi connectivity index (χ4v) is 6.65. The highest BCUT2D eigenvalue weighted by Gasteiger charge is 2.21. The number of hydrogen-bond acceptors (Lipinski definition) is 3. The Kier molecular flexibility index (Phi) is 6.14. The average Bonchev–Trinajstić information content (AvgIpc) is 3.57. The maximum absolute atomic E-state index is 6.53. The van der Waals surface area contributed by atoms with Gasteiger partial charge in [0.05, 0.1) is 11.4 Å². The van der Waals surface area contributed by atoms with Crippen molar-refractivity contribution in [1.29, 1.82) is 0 Å². The number of benzene rings is 8. The van der Waals surface area contributed by atoms with Crippen molar-refractivity contribution < 1.29 is 4.42 Å². The van der Waals surface area contributed by atoms with Gasteiger partial charge < -0.3 is 4.42 Å². The van der Waals surface area contributed by atoms with Crippen molar-refractivity contribution in [3.63, 3.8) is 0 Å². The van der Waals surface area contributed by atoms with Gasteiger partial charge in [-0.3, -0.25) is 4.90 Å². The molecule has 0 aliphatic rings. The van der Waals surface area contributed by atoms with Gasteiger partial charge in [-0.2, -0.15) is 4.98 Å². The summed E-state index contributed by atoms with van der Waals surface area (Å²) in [6.07, 6.45) is 0. The summed E-state index contributed by atoms with van der Waals surface area (Å²) in [5.74, 6) is 0. The lowest BCUT2D eigenvalue weighted by Crippen LogP contribution is -2.10. The van der Waals surface area contributed by atoms with Gasteiger partial charge in [0.15, 0.2) is 5.58 Å². The molecule has 0 saturated heterocycles. The zero-order chi connectivity index (χ0) is 30.5. The van der Waals surface area contributed by atoms with Crippen molar-refractivity contribution in [2.75, 3.05) is 4.90 Å². The zero-order valence-corrected chi connectivity index (χ0v) is 25.0. The molecule has 0 aliphatic heterocycles. The molecule has 9 rings (SSSR count). The number of anilines is 3. The number of rotatable bonds is 5. The smallest absolute Gasteiger partial charge is 0.307 e. The van der Waals surface area contributed by atoms with Crippen LogP contribution in [0, 0.1) is 0 Å². The van der Waals surface area contributed by atoms with E-state index in [1.54, 1.807) is 0 Å². The van der Waals surface area contributed by atoms with Gasteiger partial charge in [-0.1, -0.05) is 133 Å². The van der Waals surface area contributed by atoms with Crippen molar-refractivity contribution in [2.24, 2.45) is 0 Å². The molecule has 0 amide bonds. The van der Waals surface area contributed by atoms with E-state index in [9.17, 15) is 0 Å². The van der Waals surface area contributed by atoms with Crippen LogP contribution in [0.5, 0.6) is 0 Å². The number of nitrogens with zero attached hydrogens (tertiary/aromatic N) is 2. The molecule has 1 aromatic heterocycles. The zero-order valence-electron chi connectivity index (χ0n) is 25.0. The molecule has 46 heavy (non-hydrogen) atoms. The minimum Gasteiger partial charge on any atom is -0.423 e. The Hall–Kier alpha value is -6.19. The molecule has 0 bridgehead atoms. The van der Waals surface area contributed by atoms with Crippen LogP contribution in [0.4, 0.5) is 17.4 Å². The lowest BCUT2D eigenvalue weighted by atomic mass is 9.93. The van der Waals surface area contributed by atoms with Crippen molar-refractivity contribution in [3.05, 3.63) is 170 Å². The van der Waals surface area contributed by atoms with Crippen LogP contribution in [-0.4, -0.2) is 4.98 Å². The number of aromatic nitrogens is 1. The molecule has 3 heteroatoms. The van der Waals surface area contributed by atoms with Gasteiger partial charge >= 0.3 is 6.01 Å². The molecule has 0 unspecified atom stereocenters. The minimum absolute atomic E-state index is 0.528. The van der Waals surface area contributed by atoms with Crippen LogP contribution in [0.15, 0.2) is 174 Å². The Morgan fingerprint density at radius 3 is 1.91 bits per heavy atom. The SMILES string of the molecule is c1ccc(-c2cccc(N(c3ccc(-c4cc5ccccc5c5ccccc45)cc3)c3nc4c(ccc5ccccc54)o3)c2)cc1. The predicted octanol–water partition coefficient (Wildman–Crippen LogP) is 12.1. The van der Waals surface area contributed by atoms with E-state index in [0.29, 0.717) is 6.01 Å². The molecule has 0 N–H and O–H groups in total. The second-order valence-corrected chi connectivity index (χ2v) is 11.6. The van der Waals surface area contributed by atoms with Crippen LogP contribution in [0.1, 0.15) is 0 Å². The molecule has 8 aromatic carbocycles. The van der Waals surface area contributed by atoms with E-state index in [2.05, 4.69) is 157 Å². The molecular formula is C43H28N2O. The van der Waals surface area contributed by atoms with Gasteiger partial charge in [-0.25, -0.2) is 0 Å². The third-order valence-electron chi connectivity index (χ3n) is 8.88. The van der Waals surface area contributed by atoms with Crippen molar-refractivity contribution >= 4 is 60.8 Å². The summed E-state index contributed by atoms with van der Waals surface area (Å²) >= 11 is 0. The van der Waals surface area contributed by atoms with Crippen molar-refractivity contribution in [2.45, 2.75) is 0 Å². The summed E-state index contributed by atoms with van der Waals surface area (Å²) in [6.45, 7) is 0. The van der Waals surface area contributed by atoms with Gasteiger partial charge in [0, 0.05) is 5.39 Å². The predicted molar refractivity (Wildman–Crippen MR) is 192 cm³/mol. The lowest BCUT2D eigenvalue weighted by molar-refractivity contribution is 0.608.